The van der Waals surface area contributed by atoms with Crippen LogP contribution in [-0.2, 0) is 0 Å². The Labute approximate surface area is 348 Å². The zero-order valence-electron chi connectivity index (χ0n) is 32.6. The Balaban J connectivity index is 1.15. The minimum absolute atomic E-state index is 0.545. The first-order valence-electron chi connectivity index (χ1n) is 20.4. The second kappa shape index (κ2) is 13.1. The molecule has 284 valence electrons. The van der Waals surface area contributed by atoms with Gasteiger partial charge in [0.25, 0.3) is 0 Å². The van der Waals surface area contributed by atoms with E-state index < -0.39 is 0 Å². The van der Waals surface area contributed by atoms with Gasteiger partial charge in [-0.1, -0.05) is 140 Å². The monoisotopic (exact) mass is 780 g/mol. The molecule has 9 aromatic carbocycles. The fourth-order valence-corrected chi connectivity index (χ4v) is 9.21. The summed E-state index contributed by atoms with van der Waals surface area (Å²) in [6, 6.07) is 67.4. The fraction of sp³-hybridized carbons (Fsp3) is 0. The van der Waals surface area contributed by atoms with Gasteiger partial charge in [0.1, 0.15) is 22.3 Å². The van der Waals surface area contributed by atoms with Crippen LogP contribution in [0.1, 0.15) is 0 Å². The number of hydrogen-bond acceptors (Lipinski definition) is 5. The number of furan rings is 2. The summed E-state index contributed by atoms with van der Waals surface area (Å²) in [6.45, 7) is 0. The van der Waals surface area contributed by atoms with Crippen molar-refractivity contribution < 1.29 is 8.83 Å². The zero-order valence-corrected chi connectivity index (χ0v) is 32.6. The van der Waals surface area contributed by atoms with Gasteiger partial charge in [-0.3, -0.25) is 0 Å². The van der Waals surface area contributed by atoms with Crippen molar-refractivity contribution in [1.29, 1.82) is 0 Å². The van der Waals surface area contributed by atoms with Crippen LogP contribution in [0.15, 0.2) is 203 Å². The SMILES string of the molecule is c1ccc(-c2cccc(-c3nc(-c4cc5c(cc4-n4c6ccccc6c6cc7ccccc7cc64)oc4ccccc45)nc(-c4cccc5oc6ccccc6c45)n3)c2)cc1. The summed E-state index contributed by atoms with van der Waals surface area (Å²) in [6.07, 6.45) is 0. The average molecular weight is 781 g/mol. The number of fused-ring (bicyclic) bond motifs is 10. The molecule has 0 atom stereocenters. The van der Waals surface area contributed by atoms with Crippen LogP contribution < -0.4 is 0 Å². The summed E-state index contributed by atoms with van der Waals surface area (Å²) >= 11 is 0. The van der Waals surface area contributed by atoms with E-state index in [1.165, 1.54) is 10.8 Å². The highest BCUT2D eigenvalue weighted by atomic mass is 16.3. The average Bonchev–Trinajstić information content (AvgIpc) is 3.99. The van der Waals surface area contributed by atoms with Crippen LogP contribution >= 0.6 is 0 Å². The molecule has 0 radical (unpaired) electrons. The Morgan fingerprint density at radius 3 is 1.79 bits per heavy atom. The fourth-order valence-electron chi connectivity index (χ4n) is 9.21. The molecule has 0 aliphatic heterocycles. The first-order valence-corrected chi connectivity index (χ1v) is 20.4. The first-order chi connectivity index (χ1) is 30.2. The van der Waals surface area contributed by atoms with Crippen molar-refractivity contribution in [2.45, 2.75) is 0 Å². The second-order valence-corrected chi connectivity index (χ2v) is 15.6. The van der Waals surface area contributed by atoms with Crippen LogP contribution in [-0.4, -0.2) is 19.5 Å². The molecule has 0 aliphatic carbocycles. The molecule has 6 nitrogen and oxygen atoms in total. The molecule has 0 fully saturated rings. The van der Waals surface area contributed by atoms with Gasteiger partial charge in [0, 0.05) is 55.1 Å². The number of nitrogens with zero attached hydrogens (tertiary/aromatic N) is 4. The Kier molecular flexibility index (Phi) is 7.21. The van der Waals surface area contributed by atoms with E-state index in [-0.39, 0.29) is 0 Å². The van der Waals surface area contributed by atoms with E-state index in [0.717, 1.165) is 99.2 Å². The predicted molar refractivity (Wildman–Crippen MR) is 248 cm³/mol. The second-order valence-electron chi connectivity index (χ2n) is 15.6. The van der Waals surface area contributed by atoms with E-state index >= 15 is 0 Å². The Hall–Kier alpha value is -8.35. The van der Waals surface area contributed by atoms with Gasteiger partial charge in [0.2, 0.25) is 0 Å². The van der Waals surface area contributed by atoms with Gasteiger partial charge < -0.3 is 13.4 Å². The molecule has 4 heterocycles. The van der Waals surface area contributed by atoms with E-state index in [2.05, 4.69) is 150 Å². The summed E-state index contributed by atoms with van der Waals surface area (Å²) in [5.74, 6) is 1.67. The standard InChI is InChI=1S/C55H32N4O2/c1-2-14-33(15-3-1)34-18-12-19-37(28-34)53-56-54(41-23-13-27-50-52(41)40-22-8-11-26-49(40)60-50)58-55(57-53)44-31-43-39-21-7-10-25-48(39)61-51(43)32-47(44)59-45-24-9-6-20-38(45)42-29-35-16-4-5-17-36(35)30-46(42)59/h1-32H. The molecule has 6 heteroatoms. The van der Waals surface area contributed by atoms with Gasteiger partial charge in [0.05, 0.1) is 16.7 Å². The van der Waals surface area contributed by atoms with Gasteiger partial charge in [-0.2, -0.15) is 0 Å². The third kappa shape index (κ3) is 5.26. The zero-order chi connectivity index (χ0) is 40.0. The topological polar surface area (TPSA) is 69.9 Å². The molecule has 0 saturated heterocycles. The van der Waals surface area contributed by atoms with Crippen LogP contribution in [0.4, 0.5) is 0 Å². The molecule has 13 rings (SSSR count). The highest BCUT2D eigenvalue weighted by Crippen LogP contribution is 2.43. The van der Waals surface area contributed by atoms with Crippen molar-refractivity contribution in [2.24, 2.45) is 0 Å². The van der Waals surface area contributed by atoms with Crippen molar-refractivity contribution in [1.82, 2.24) is 19.5 Å². The summed E-state index contributed by atoms with van der Waals surface area (Å²) in [5.41, 5.74) is 11.0. The third-order valence-electron chi connectivity index (χ3n) is 12.0. The van der Waals surface area contributed by atoms with Gasteiger partial charge in [-0.05, 0) is 70.4 Å². The van der Waals surface area contributed by atoms with E-state index in [1.54, 1.807) is 0 Å². The van der Waals surface area contributed by atoms with E-state index in [0.29, 0.717) is 17.5 Å². The van der Waals surface area contributed by atoms with Gasteiger partial charge in [0.15, 0.2) is 17.5 Å². The Bertz CT molecular complexity index is 3900. The van der Waals surface area contributed by atoms with Crippen molar-refractivity contribution in [3.63, 3.8) is 0 Å². The van der Waals surface area contributed by atoms with Gasteiger partial charge in [-0.15, -0.1) is 0 Å². The number of hydrogen-bond donors (Lipinski definition) is 0. The van der Waals surface area contributed by atoms with Crippen LogP contribution in [0.3, 0.4) is 0 Å². The molecule has 0 unspecified atom stereocenters. The maximum absolute atomic E-state index is 6.62. The van der Waals surface area contributed by atoms with E-state index in [1.807, 2.05) is 48.5 Å². The van der Waals surface area contributed by atoms with E-state index in [4.69, 9.17) is 23.8 Å². The molecular formula is C55H32N4O2. The highest BCUT2D eigenvalue weighted by molar-refractivity contribution is 6.15. The quantitative estimate of drug-likeness (QED) is 0.174. The number of rotatable bonds is 5. The van der Waals surface area contributed by atoms with Crippen molar-refractivity contribution in [3.05, 3.63) is 194 Å². The van der Waals surface area contributed by atoms with Crippen molar-refractivity contribution in [3.8, 4) is 51.0 Å². The molecule has 0 amide bonds. The predicted octanol–water partition coefficient (Wildman–Crippen LogP) is 14.6. The maximum atomic E-state index is 6.62. The maximum Gasteiger partial charge on any atom is 0.166 e. The van der Waals surface area contributed by atoms with Gasteiger partial charge in [-0.25, -0.2) is 15.0 Å². The lowest BCUT2D eigenvalue weighted by molar-refractivity contribution is 0.668. The smallest absolute Gasteiger partial charge is 0.166 e. The van der Waals surface area contributed by atoms with Crippen molar-refractivity contribution in [2.75, 3.05) is 0 Å². The molecule has 0 aliphatic rings. The normalized spacial score (nSPS) is 11.9. The Morgan fingerprint density at radius 2 is 0.934 bits per heavy atom. The molecule has 0 N–H and O–H groups in total. The molecule has 0 bridgehead atoms. The van der Waals surface area contributed by atoms with Crippen LogP contribution in [0.5, 0.6) is 0 Å². The number of para-hydroxylation sites is 3. The summed E-state index contributed by atoms with van der Waals surface area (Å²) in [7, 11) is 0. The molecule has 0 saturated carbocycles. The highest BCUT2D eigenvalue weighted by Gasteiger charge is 2.24. The minimum Gasteiger partial charge on any atom is -0.456 e. The van der Waals surface area contributed by atoms with Crippen LogP contribution in [0, 0.1) is 0 Å². The largest absolute Gasteiger partial charge is 0.456 e. The third-order valence-corrected chi connectivity index (χ3v) is 12.0. The van der Waals surface area contributed by atoms with Crippen LogP contribution in [0.2, 0.25) is 0 Å². The molecule has 61 heavy (non-hydrogen) atoms. The van der Waals surface area contributed by atoms with Crippen LogP contribution in [0.25, 0.3) is 127 Å². The first kappa shape index (κ1) is 33.6. The summed E-state index contributed by atoms with van der Waals surface area (Å²) in [5, 5.41) is 8.66. The molecule has 13 aromatic rings. The van der Waals surface area contributed by atoms with Crippen molar-refractivity contribution >= 4 is 76.5 Å². The molecule has 4 aromatic heterocycles. The lowest BCUT2D eigenvalue weighted by Gasteiger charge is -2.15. The van der Waals surface area contributed by atoms with Gasteiger partial charge >= 0.3 is 0 Å². The summed E-state index contributed by atoms with van der Waals surface area (Å²) < 4.78 is 15.4. The minimum atomic E-state index is 0.545. The molecular weight excluding hydrogens is 749 g/mol. The molecule has 0 spiro atoms. The summed E-state index contributed by atoms with van der Waals surface area (Å²) in [4.78, 5) is 16.2. The Morgan fingerprint density at radius 1 is 0.328 bits per heavy atom. The van der Waals surface area contributed by atoms with E-state index in [9.17, 15) is 0 Å². The lowest BCUT2D eigenvalue weighted by Crippen LogP contribution is -2.04. The lowest BCUT2D eigenvalue weighted by atomic mass is 10.0. The number of benzene rings is 9. The number of aromatic nitrogens is 4.